The maximum Gasteiger partial charge on any atom is 0.245 e. The van der Waals surface area contributed by atoms with Crippen molar-refractivity contribution in [3.05, 3.63) is 35.7 Å². The molecule has 0 aliphatic carbocycles. The number of aromatic hydroxyl groups is 1. The topological polar surface area (TPSA) is 83.5 Å². The third-order valence-electron chi connectivity index (χ3n) is 3.00. The van der Waals surface area contributed by atoms with Crippen molar-refractivity contribution in [2.45, 2.75) is 51.5 Å². The number of sulfone groups is 1. The van der Waals surface area contributed by atoms with Crippen molar-refractivity contribution >= 4 is 15.7 Å². The molecule has 0 aliphatic rings. The minimum atomic E-state index is -3.87. The number of carbonyl (C=O) groups excluding carboxylic acids is 1. The van der Waals surface area contributed by atoms with Crippen LogP contribution in [0.3, 0.4) is 0 Å². The highest BCUT2D eigenvalue weighted by atomic mass is 32.2. The molecule has 1 rings (SSSR count). The highest BCUT2D eigenvalue weighted by Gasteiger charge is 2.26. The smallest absolute Gasteiger partial charge is 0.245 e. The lowest BCUT2D eigenvalue weighted by molar-refractivity contribution is -0.118. The summed E-state index contributed by atoms with van der Waals surface area (Å²) in [7, 11) is -3.87. The van der Waals surface area contributed by atoms with E-state index in [0.29, 0.717) is 0 Å². The normalized spacial score (nSPS) is 13.3. The molecule has 0 unspecified atom stereocenters. The van der Waals surface area contributed by atoms with Gasteiger partial charge in [-0.25, -0.2) is 8.42 Å². The molecule has 5 nitrogen and oxygen atoms in total. The lowest BCUT2D eigenvalue weighted by Gasteiger charge is -2.32. The lowest BCUT2D eigenvalue weighted by atomic mass is 9.82. The monoisotopic (exact) mass is 339 g/mol. The van der Waals surface area contributed by atoms with Crippen LogP contribution in [0.5, 0.6) is 5.75 Å². The first-order chi connectivity index (χ1) is 10.3. The van der Waals surface area contributed by atoms with Crippen molar-refractivity contribution < 1.29 is 18.3 Å². The van der Waals surface area contributed by atoms with Gasteiger partial charge >= 0.3 is 0 Å². The van der Waals surface area contributed by atoms with E-state index in [2.05, 4.69) is 26.1 Å². The number of benzene rings is 1. The summed E-state index contributed by atoms with van der Waals surface area (Å²) in [6.07, 6.45) is 1.72. The lowest BCUT2D eigenvalue weighted by Crippen LogP contribution is -2.45. The maximum absolute atomic E-state index is 12.1. The van der Waals surface area contributed by atoms with Gasteiger partial charge in [-0.05, 0) is 37.8 Å². The van der Waals surface area contributed by atoms with E-state index in [-0.39, 0.29) is 16.1 Å². The van der Waals surface area contributed by atoms with Crippen LogP contribution in [0.1, 0.15) is 41.0 Å². The fourth-order valence-corrected chi connectivity index (χ4v) is 3.74. The average molecular weight is 339 g/mol. The molecule has 6 heteroatoms. The highest BCUT2D eigenvalue weighted by Crippen LogP contribution is 2.27. The predicted molar refractivity (Wildman–Crippen MR) is 90.7 cm³/mol. The van der Waals surface area contributed by atoms with Crippen LogP contribution < -0.4 is 5.32 Å². The molecule has 0 aromatic heterocycles. The number of rotatable bonds is 5. The van der Waals surface area contributed by atoms with Crippen LogP contribution in [0.15, 0.2) is 40.6 Å². The van der Waals surface area contributed by atoms with Gasteiger partial charge in [-0.1, -0.05) is 32.9 Å². The van der Waals surface area contributed by atoms with Crippen LogP contribution in [0.25, 0.3) is 0 Å². The average Bonchev–Trinajstić information content (AvgIpc) is 2.33. The fraction of sp³-hybridized carbons (Fsp3) is 0.471. The first-order valence-electron chi connectivity index (χ1n) is 7.36. The van der Waals surface area contributed by atoms with Gasteiger partial charge in [0.05, 0.1) is 0 Å². The Balaban J connectivity index is 2.85. The van der Waals surface area contributed by atoms with Crippen LogP contribution in [-0.2, 0) is 14.6 Å². The molecule has 128 valence electrons. The molecule has 0 atom stereocenters. The van der Waals surface area contributed by atoms with Crippen molar-refractivity contribution in [3.8, 4) is 5.75 Å². The number of hydrogen-bond acceptors (Lipinski definition) is 4. The summed E-state index contributed by atoms with van der Waals surface area (Å²) in [5, 5.41) is 13.2. The van der Waals surface area contributed by atoms with E-state index >= 15 is 0 Å². The van der Waals surface area contributed by atoms with Gasteiger partial charge in [-0.2, -0.15) is 0 Å². The Bertz CT molecular complexity index is 698. The van der Waals surface area contributed by atoms with Gasteiger partial charge in [-0.15, -0.1) is 0 Å². The summed E-state index contributed by atoms with van der Waals surface area (Å²) in [4.78, 5) is 11.8. The Morgan fingerprint density at radius 1 is 1.17 bits per heavy atom. The van der Waals surface area contributed by atoms with Gasteiger partial charge in [0.25, 0.3) is 0 Å². The van der Waals surface area contributed by atoms with Crippen molar-refractivity contribution in [1.29, 1.82) is 0 Å². The van der Waals surface area contributed by atoms with E-state index in [0.717, 1.165) is 17.9 Å². The van der Waals surface area contributed by atoms with Crippen LogP contribution in [0, 0.1) is 5.41 Å². The zero-order chi connectivity index (χ0) is 17.9. The second-order valence-corrected chi connectivity index (χ2v) is 9.23. The number of phenols is 1. The van der Waals surface area contributed by atoms with Gasteiger partial charge in [0, 0.05) is 17.0 Å². The van der Waals surface area contributed by atoms with E-state index in [1.807, 2.05) is 13.8 Å². The fourth-order valence-electron chi connectivity index (χ4n) is 2.67. The van der Waals surface area contributed by atoms with Crippen LogP contribution in [0.2, 0.25) is 0 Å². The third kappa shape index (κ3) is 6.44. The van der Waals surface area contributed by atoms with Crippen LogP contribution in [0.4, 0.5) is 0 Å². The van der Waals surface area contributed by atoms with Gasteiger partial charge in [0.15, 0.2) is 0 Å². The first kappa shape index (κ1) is 19.2. The molecule has 0 aliphatic heterocycles. The second-order valence-electron chi connectivity index (χ2n) is 7.43. The molecule has 1 aromatic rings. The van der Waals surface area contributed by atoms with Crippen LogP contribution in [-0.4, -0.2) is 25.0 Å². The summed E-state index contributed by atoms with van der Waals surface area (Å²) in [5.41, 5.74) is -0.430. The number of para-hydroxylation sites is 1. The number of nitrogens with one attached hydrogen (secondary N) is 1. The number of phenolic OH excluding ortho intramolecular Hbond substituents is 1. The van der Waals surface area contributed by atoms with Crippen LogP contribution >= 0.6 is 0 Å². The minimum absolute atomic E-state index is 0.0302. The molecule has 2 N–H and O–H groups in total. The zero-order valence-corrected chi connectivity index (χ0v) is 15.1. The maximum atomic E-state index is 12.1. The minimum Gasteiger partial charge on any atom is -0.507 e. The van der Waals surface area contributed by atoms with E-state index in [1.54, 1.807) is 0 Å². The van der Waals surface area contributed by atoms with E-state index in [1.165, 1.54) is 24.3 Å². The zero-order valence-electron chi connectivity index (χ0n) is 14.3. The van der Waals surface area contributed by atoms with E-state index in [4.69, 9.17) is 0 Å². The Hall–Kier alpha value is -1.82. The predicted octanol–water partition coefficient (Wildman–Crippen LogP) is 3.01. The number of amides is 1. The number of hydrogen-bond donors (Lipinski definition) is 2. The molecule has 0 radical (unpaired) electrons. The van der Waals surface area contributed by atoms with Crippen molar-refractivity contribution in [1.82, 2.24) is 5.32 Å². The van der Waals surface area contributed by atoms with Gasteiger partial charge in [0.1, 0.15) is 10.6 Å². The summed E-state index contributed by atoms with van der Waals surface area (Å²) in [6.45, 7) is 9.99. The largest absolute Gasteiger partial charge is 0.507 e. The Morgan fingerprint density at radius 3 is 2.26 bits per heavy atom. The highest BCUT2D eigenvalue weighted by molar-refractivity contribution is 7.94. The van der Waals surface area contributed by atoms with Gasteiger partial charge < -0.3 is 10.4 Å². The van der Waals surface area contributed by atoms with Crippen molar-refractivity contribution in [2.75, 3.05) is 0 Å². The molecule has 1 amide bonds. The molecule has 0 heterocycles. The summed E-state index contributed by atoms with van der Waals surface area (Å²) in [6, 6.07) is 5.61. The third-order valence-corrected chi connectivity index (χ3v) is 4.46. The van der Waals surface area contributed by atoms with E-state index in [9.17, 15) is 18.3 Å². The SMILES string of the molecule is CC(C)(C)CC(C)(C)NC(=O)C=CS(=O)(=O)c1ccccc1O. The Kier molecular flexibility index (Phi) is 5.64. The van der Waals surface area contributed by atoms with Crippen molar-refractivity contribution in [2.24, 2.45) is 5.41 Å². The molecular formula is C17H25NO4S. The van der Waals surface area contributed by atoms with Gasteiger partial charge in [0.2, 0.25) is 15.7 Å². The Labute approximate surface area is 138 Å². The Morgan fingerprint density at radius 2 is 1.74 bits per heavy atom. The quantitative estimate of drug-likeness (QED) is 0.808. The van der Waals surface area contributed by atoms with Gasteiger partial charge in [-0.3, -0.25) is 4.79 Å². The molecule has 0 fully saturated rings. The second kappa shape index (κ2) is 6.74. The molecule has 0 saturated carbocycles. The summed E-state index contributed by atoms with van der Waals surface area (Å²) < 4.78 is 24.3. The van der Waals surface area contributed by atoms with Crippen molar-refractivity contribution in [3.63, 3.8) is 0 Å². The summed E-state index contributed by atoms with van der Waals surface area (Å²) in [5.74, 6) is -0.830. The molecule has 1 aromatic carbocycles. The molecular weight excluding hydrogens is 314 g/mol. The number of carbonyl (C=O) groups is 1. The molecule has 0 spiro atoms. The molecule has 0 bridgehead atoms. The molecule has 0 saturated heterocycles. The standard InChI is InChI=1S/C17H25NO4S/c1-16(2,3)12-17(4,5)18-15(20)10-11-23(21,22)14-9-7-6-8-13(14)19/h6-11,19H,12H2,1-5H3,(H,18,20). The molecule has 23 heavy (non-hydrogen) atoms. The first-order valence-corrected chi connectivity index (χ1v) is 8.90. The summed E-state index contributed by atoms with van der Waals surface area (Å²) >= 11 is 0. The van der Waals surface area contributed by atoms with E-state index < -0.39 is 21.3 Å².